The minimum absolute atomic E-state index is 0.0695. The molecule has 1 heterocycles. The second-order valence-electron chi connectivity index (χ2n) is 5.11. The third kappa shape index (κ3) is 3.67. The number of amides is 1. The summed E-state index contributed by atoms with van der Waals surface area (Å²) in [5.74, 6) is 1.51. The second kappa shape index (κ2) is 6.99. The van der Waals surface area contributed by atoms with E-state index in [9.17, 15) is 4.79 Å². The number of nitrogens with zero attached hydrogens (tertiary/aromatic N) is 1. The molecule has 0 saturated carbocycles. The number of hydrogen-bond acceptors (Lipinski definition) is 4. The van der Waals surface area contributed by atoms with E-state index in [1.54, 1.807) is 18.9 Å². The van der Waals surface area contributed by atoms with Gasteiger partial charge in [-0.1, -0.05) is 0 Å². The van der Waals surface area contributed by atoms with Gasteiger partial charge >= 0.3 is 0 Å². The smallest absolute Gasteiger partial charge is 0.235 e. The molecule has 0 aliphatic carbocycles. The molecule has 1 fully saturated rings. The largest absolute Gasteiger partial charge is 0.497 e. The maximum absolute atomic E-state index is 12.4. The van der Waals surface area contributed by atoms with Crippen molar-refractivity contribution < 1.29 is 9.53 Å². The van der Waals surface area contributed by atoms with Gasteiger partial charge in [-0.05, 0) is 50.1 Å². The van der Waals surface area contributed by atoms with Crippen molar-refractivity contribution in [2.45, 2.75) is 23.5 Å². The predicted molar refractivity (Wildman–Crippen MR) is 82.1 cm³/mol. The Morgan fingerprint density at radius 2 is 2.20 bits per heavy atom. The molecule has 0 bridgehead atoms. The number of hydrogen-bond donors (Lipinski definition) is 1. The molecule has 0 aromatic heterocycles. The van der Waals surface area contributed by atoms with Crippen LogP contribution < -0.4 is 10.5 Å². The lowest BCUT2D eigenvalue weighted by Crippen LogP contribution is -2.35. The van der Waals surface area contributed by atoms with E-state index in [1.807, 2.05) is 36.1 Å². The number of nitrogens with two attached hydrogens (primary N) is 1. The molecule has 20 heavy (non-hydrogen) atoms. The van der Waals surface area contributed by atoms with Gasteiger partial charge in [0.05, 0.1) is 12.4 Å². The molecule has 2 N–H and O–H groups in total. The zero-order valence-corrected chi connectivity index (χ0v) is 12.9. The van der Waals surface area contributed by atoms with E-state index in [1.165, 1.54) is 0 Å². The molecular formula is C15H22N2O2S. The number of methoxy groups -OCH3 is 1. The first kappa shape index (κ1) is 15.2. The summed E-state index contributed by atoms with van der Waals surface area (Å²) in [6.07, 6.45) is 1.03. The Labute approximate surface area is 124 Å². The van der Waals surface area contributed by atoms with Crippen LogP contribution in [0.25, 0.3) is 0 Å². The summed E-state index contributed by atoms with van der Waals surface area (Å²) in [5.41, 5.74) is 5.67. The third-order valence-corrected chi connectivity index (χ3v) is 4.75. The van der Waals surface area contributed by atoms with Crippen LogP contribution in [0.1, 0.15) is 13.3 Å². The Balaban J connectivity index is 1.90. The molecule has 0 spiro atoms. The van der Waals surface area contributed by atoms with E-state index in [0.29, 0.717) is 12.5 Å². The highest BCUT2D eigenvalue weighted by Crippen LogP contribution is 2.27. The van der Waals surface area contributed by atoms with Crippen LogP contribution >= 0.6 is 11.8 Å². The molecule has 1 aliphatic rings. The van der Waals surface area contributed by atoms with E-state index in [4.69, 9.17) is 10.5 Å². The Bertz CT molecular complexity index is 450. The average Bonchev–Trinajstić information content (AvgIpc) is 2.96. The number of ether oxygens (including phenoxy) is 1. The highest BCUT2D eigenvalue weighted by atomic mass is 32.2. The monoisotopic (exact) mass is 294 g/mol. The van der Waals surface area contributed by atoms with Gasteiger partial charge in [-0.3, -0.25) is 4.79 Å². The number of carbonyl (C=O) groups is 1. The van der Waals surface area contributed by atoms with Gasteiger partial charge in [0.25, 0.3) is 0 Å². The molecule has 2 unspecified atom stereocenters. The van der Waals surface area contributed by atoms with Gasteiger partial charge in [0, 0.05) is 18.0 Å². The van der Waals surface area contributed by atoms with Crippen LogP contribution in [0.3, 0.4) is 0 Å². The van der Waals surface area contributed by atoms with Crippen LogP contribution in [0.15, 0.2) is 29.2 Å². The van der Waals surface area contributed by atoms with Crippen LogP contribution in [0.4, 0.5) is 0 Å². The van der Waals surface area contributed by atoms with Gasteiger partial charge in [-0.2, -0.15) is 0 Å². The summed E-state index contributed by atoms with van der Waals surface area (Å²) in [6, 6.07) is 7.81. The van der Waals surface area contributed by atoms with Crippen molar-refractivity contribution in [3.05, 3.63) is 24.3 Å². The molecule has 2 rings (SSSR count). The van der Waals surface area contributed by atoms with E-state index >= 15 is 0 Å². The molecule has 2 atom stereocenters. The van der Waals surface area contributed by atoms with Crippen LogP contribution in [0.2, 0.25) is 0 Å². The van der Waals surface area contributed by atoms with Crippen molar-refractivity contribution in [2.75, 3.05) is 26.7 Å². The molecule has 1 aromatic rings. The van der Waals surface area contributed by atoms with Crippen molar-refractivity contribution in [2.24, 2.45) is 11.7 Å². The molecule has 0 radical (unpaired) electrons. The molecule has 1 aliphatic heterocycles. The van der Waals surface area contributed by atoms with Crippen LogP contribution in [0.5, 0.6) is 5.75 Å². The van der Waals surface area contributed by atoms with Crippen molar-refractivity contribution in [3.8, 4) is 5.75 Å². The van der Waals surface area contributed by atoms with Gasteiger partial charge in [0.1, 0.15) is 5.75 Å². The predicted octanol–water partition coefficient (Wildman–Crippen LogP) is 1.98. The van der Waals surface area contributed by atoms with Gasteiger partial charge in [0.15, 0.2) is 0 Å². The Morgan fingerprint density at radius 3 is 2.75 bits per heavy atom. The van der Waals surface area contributed by atoms with Crippen molar-refractivity contribution in [1.82, 2.24) is 4.90 Å². The maximum atomic E-state index is 12.4. The second-order valence-corrected chi connectivity index (χ2v) is 6.52. The van der Waals surface area contributed by atoms with E-state index < -0.39 is 0 Å². The quantitative estimate of drug-likeness (QED) is 0.844. The Morgan fingerprint density at radius 1 is 1.50 bits per heavy atom. The van der Waals surface area contributed by atoms with Crippen molar-refractivity contribution in [1.29, 1.82) is 0 Å². The summed E-state index contributed by atoms with van der Waals surface area (Å²) in [6.45, 7) is 4.29. The number of rotatable bonds is 5. The Hall–Kier alpha value is -1.20. The minimum Gasteiger partial charge on any atom is -0.497 e. The lowest BCUT2D eigenvalue weighted by Gasteiger charge is -2.20. The molecule has 110 valence electrons. The van der Waals surface area contributed by atoms with Gasteiger partial charge in [-0.15, -0.1) is 11.8 Å². The highest BCUT2D eigenvalue weighted by Gasteiger charge is 2.28. The SMILES string of the molecule is COc1ccc(SC(C)C(=O)N2CCC(CN)C2)cc1. The topological polar surface area (TPSA) is 55.6 Å². The van der Waals surface area contributed by atoms with Crippen LogP contribution in [-0.4, -0.2) is 42.8 Å². The molecule has 1 saturated heterocycles. The van der Waals surface area contributed by atoms with E-state index in [-0.39, 0.29) is 11.2 Å². The summed E-state index contributed by atoms with van der Waals surface area (Å²) in [4.78, 5) is 15.4. The lowest BCUT2D eigenvalue weighted by molar-refractivity contribution is -0.129. The molecule has 1 aromatic carbocycles. The first-order valence-electron chi connectivity index (χ1n) is 6.93. The van der Waals surface area contributed by atoms with Gasteiger partial charge in [0.2, 0.25) is 5.91 Å². The summed E-state index contributed by atoms with van der Waals surface area (Å²) in [5, 5.41) is -0.0695. The van der Waals surface area contributed by atoms with E-state index in [2.05, 4.69) is 0 Å². The number of carbonyl (C=O) groups excluding carboxylic acids is 1. The van der Waals surface area contributed by atoms with E-state index in [0.717, 1.165) is 30.2 Å². The number of likely N-dealkylation sites (tertiary alicyclic amines) is 1. The first-order chi connectivity index (χ1) is 9.63. The number of benzene rings is 1. The van der Waals surface area contributed by atoms with Crippen LogP contribution in [0, 0.1) is 5.92 Å². The van der Waals surface area contributed by atoms with Gasteiger partial charge < -0.3 is 15.4 Å². The fraction of sp³-hybridized carbons (Fsp3) is 0.533. The highest BCUT2D eigenvalue weighted by molar-refractivity contribution is 8.00. The molecule has 1 amide bonds. The lowest BCUT2D eigenvalue weighted by atomic mass is 10.1. The zero-order chi connectivity index (χ0) is 14.5. The normalized spacial score (nSPS) is 19.9. The van der Waals surface area contributed by atoms with Crippen molar-refractivity contribution >= 4 is 17.7 Å². The fourth-order valence-corrected chi connectivity index (χ4v) is 3.34. The molecule has 5 heteroatoms. The summed E-state index contributed by atoms with van der Waals surface area (Å²) in [7, 11) is 1.65. The van der Waals surface area contributed by atoms with Gasteiger partial charge in [-0.25, -0.2) is 0 Å². The fourth-order valence-electron chi connectivity index (χ4n) is 2.39. The zero-order valence-electron chi connectivity index (χ0n) is 12.0. The third-order valence-electron chi connectivity index (χ3n) is 3.65. The van der Waals surface area contributed by atoms with Crippen molar-refractivity contribution in [3.63, 3.8) is 0 Å². The Kier molecular flexibility index (Phi) is 5.31. The summed E-state index contributed by atoms with van der Waals surface area (Å²) < 4.78 is 5.13. The molecular weight excluding hydrogens is 272 g/mol. The first-order valence-corrected chi connectivity index (χ1v) is 7.81. The van der Waals surface area contributed by atoms with Crippen LogP contribution in [-0.2, 0) is 4.79 Å². The minimum atomic E-state index is -0.0695. The number of thioether (sulfide) groups is 1. The average molecular weight is 294 g/mol. The summed E-state index contributed by atoms with van der Waals surface area (Å²) >= 11 is 1.59. The standard InChI is InChI=1S/C15H22N2O2S/c1-11(15(18)17-8-7-12(9-16)10-17)20-14-5-3-13(19-2)4-6-14/h3-6,11-12H,7-10,16H2,1-2H3. The maximum Gasteiger partial charge on any atom is 0.235 e. The molecule has 4 nitrogen and oxygen atoms in total.